The van der Waals surface area contributed by atoms with Gasteiger partial charge in [-0.1, -0.05) is 109 Å². The highest BCUT2D eigenvalue weighted by Crippen LogP contribution is 2.50. The van der Waals surface area contributed by atoms with E-state index in [1.54, 1.807) is 0 Å². The van der Waals surface area contributed by atoms with Gasteiger partial charge in [-0.15, -0.1) is 11.3 Å². The van der Waals surface area contributed by atoms with Gasteiger partial charge in [0.1, 0.15) is 5.65 Å². The molecule has 0 fully saturated rings. The van der Waals surface area contributed by atoms with Crippen molar-refractivity contribution in [1.29, 1.82) is 0 Å². The highest BCUT2D eigenvalue weighted by Gasteiger charge is 2.33. The van der Waals surface area contributed by atoms with Crippen LogP contribution in [0.25, 0.3) is 71.3 Å². The Morgan fingerprint density at radius 2 is 1.48 bits per heavy atom. The molecule has 0 saturated carbocycles. The Balaban J connectivity index is 1.12. The third-order valence-corrected chi connectivity index (χ3v) is 11.2. The molecule has 3 heterocycles. The summed E-state index contributed by atoms with van der Waals surface area (Å²) in [5, 5.41) is 3.68. The minimum atomic E-state index is 0.355. The minimum Gasteiger partial charge on any atom is -0.291 e. The maximum atomic E-state index is 5.45. The van der Waals surface area contributed by atoms with Crippen molar-refractivity contribution in [2.24, 2.45) is 0 Å². The molecule has 0 saturated heterocycles. The maximum absolute atomic E-state index is 5.45. The lowest BCUT2D eigenvalue weighted by molar-refractivity contribution is 0.861. The molecule has 46 heavy (non-hydrogen) atoms. The number of rotatable bonds is 3. The molecule has 7 aromatic rings. The van der Waals surface area contributed by atoms with Gasteiger partial charge in [-0.2, -0.15) is 0 Å². The standard InChI is InChI=1S/C43H30N2S/c1-2-10-28(11-3-1)39-24-25-40(46-39)29-20-18-27(19-21-29)30-22-23-36-37(26-30)33-14-8-9-17-38(33)45-42-35-16-7-5-13-32(35)31-12-4-6-15-34(31)41(42)44-43(36)45/h1-2,4-10,13-26,31H,3,11-12H2. The number of nitrogens with zero attached hydrogens (tertiary/aromatic N) is 2. The summed E-state index contributed by atoms with van der Waals surface area (Å²) in [5.41, 5.74) is 13.8. The Morgan fingerprint density at radius 1 is 0.674 bits per heavy atom. The first-order valence-corrected chi connectivity index (χ1v) is 17.0. The molecule has 0 N–H and O–H groups in total. The number of allylic oxidation sites excluding steroid dienone is 8. The summed E-state index contributed by atoms with van der Waals surface area (Å²) in [6.07, 6.45) is 16.7. The van der Waals surface area contributed by atoms with E-state index in [-0.39, 0.29) is 0 Å². The second-order valence-corrected chi connectivity index (χ2v) is 13.7. The van der Waals surface area contributed by atoms with Gasteiger partial charge in [-0.05, 0) is 88.4 Å². The van der Waals surface area contributed by atoms with Crippen molar-refractivity contribution < 1.29 is 0 Å². The molecular formula is C43H30N2S. The first-order chi connectivity index (χ1) is 22.8. The number of pyridine rings is 1. The minimum absolute atomic E-state index is 0.355. The number of benzene rings is 4. The Hall–Kier alpha value is -5.25. The van der Waals surface area contributed by atoms with E-state index in [2.05, 4.69) is 144 Å². The molecule has 2 nitrogen and oxygen atoms in total. The predicted octanol–water partition coefficient (Wildman–Crippen LogP) is 11.9. The van der Waals surface area contributed by atoms with Crippen LogP contribution in [-0.4, -0.2) is 9.38 Å². The lowest BCUT2D eigenvalue weighted by Gasteiger charge is -2.29. The molecule has 10 rings (SSSR count). The molecule has 1 unspecified atom stereocenters. The summed E-state index contributed by atoms with van der Waals surface area (Å²) in [4.78, 5) is 8.15. The van der Waals surface area contributed by atoms with Gasteiger partial charge in [0.15, 0.2) is 0 Å². The van der Waals surface area contributed by atoms with Gasteiger partial charge < -0.3 is 0 Å². The van der Waals surface area contributed by atoms with Crippen LogP contribution in [0, 0.1) is 0 Å². The van der Waals surface area contributed by atoms with Crippen molar-refractivity contribution in [3.8, 4) is 32.8 Å². The number of para-hydroxylation sites is 1. The molecule has 0 radical (unpaired) electrons. The van der Waals surface area contributed by atoms with Gasteiger partial charge in [-0.3, -0.25) is 4.40 Å². The van der Waals surface area contributed by atoms with Crippen LogP contribution < -0.4 is 0 Å². The highest BCUT2D eigenvalue weighted by molar-refractivity contribution is 7.16. The zero-order chi connectivity index (χ0) is 30.2. The SMILES string of the molecule is C1=CCCC(c2ccc(-c3ccc(-c4ccc5c(c4)c4ccccc4n4c6c(nc54)C4=CC=CCC4c4ccccc4-6)cc3)s2)=C1. The lowest BCUT2D eigenvalue weighted by atomic mass is 9.76. The lowest BCUT2D eigenvalue weighted by Crippen LogP contribution is -2.12. The van der Waals surface area contributed by atoms with Crippen LogP contribution in [0.15, 0.2) is 140 Å². The smallest absolute Gasteiger partial charge is 0.146 e. The Kier molecular flexibility index (Phi) is 5.73. The molecule has 3 aliphatic rings. The van der Waals surface area contributed by atoms with Gasteiger partial charge in [0, 0.05) is 32.0 Å². The number of aromatic nitrogens is 2. The normalized spacial score (nSPS) is 16.7. The average Bonchev–Trinajstić information content (AvgIpc) is 3.79. The van der Waals surface area contributed by atoms with Gasteiger partial charge in [0.25, 0.3) is 0 Å². The molecule has 4 aromatic carbocycles. The van der Waals surface area contributed by atoms with Gasteiger partial charge in [0.05, 0.1) is 16.9 Å². The molecule has 3 aromatic heterocycles. The number of hydrogen-bond donors (Lipinski definition) is 0. The Labute approximate surface area is 272 Å². The van der Waals surface area contributed by atoms with Crippen LogP contribution in [0.3, 0.4) is 0 Å². The third kappa shape index (κ3) is 3.85. The summed E-state index contributed by atoms with van der Waals surface area (Å²) >= 11 is 1.89. The summed E-state index contributed by atoms with van der Waals surface area (Å²) in [6, 6.07) is 38.3. The molecule has 218 valence electrons. The fraction of sp³-hybridized carbons (Fsp3) is 0.0930. The van der Waals surface area contributed by atoms with Crippen molar-refractivity contribution in [3.63, 3.8) is 0 Å². The van der Waals surface area contributed by atoms with Crippen molar-refractivity contribution in [1.82, 2.24) is 9.38 Å². The third-order valence-electron chi connectivity index (χ3n) is 10.0. The van der Waals surface area contributed by atoms with E-state index in [4.69, 9.17) is 4.98 Å². The van der Waals surface area contributed by atoms with E-state index in [0.29, 0.717) is 5.92 Å². The van der Waals surface area contributed by atoms with E-state index in [0.717, 1.165) is 30.6 Å². The Morgan fingerprint density at radius 3 is 2.39 bits per heavy atom. The highest BCUT2D eigenvalue weighted by atomic mass is 32.1. The van der Waals surface area contributed by atoms with E-state index >= 15 is 0 Å². The largest absolute Gasteiger partial charge is 0.291 e. The van der Waals surface area contributed by atoms with Crippen molar-refractivity contribution >= 4 is 49.8 Å². The number of fused-ring (bicyclic) bond motifs is 13. The van der Waals surface area contributed by atoms with Crippen LogP contribution in [0.5, 0.6) is 0 Å². The number of thiophene rings is 1. The monoisotopic (exact) mass is 606 g/mol. The van der Waals surface area contributed by atoms with Crippen molar-refractivity contribution in [2.75, 3.05) is 0 Å². The van der Waals surface area contributed by atoms with Crippen LogP contribution in [0.1, 0.15) is 41.3 Å². The van der Waals surface area contributed by atoms with E-state index in [9.17, 15) is 0 Å². The van der Waals surface area contributed by atoms with Crippen LogP contribution in [0.2, 0.25) is 0 Å². The zero-order valence-corrected chi connectivity index (χ0v) is 26.1. The molecule has 0 bridgehead atoms. The molecule has 1 atom stereocenters. The van der Waals surface area contributed by atoms with Crippen LogP contribution in [-0.2, 0) is 0 Å². The molecule has 0 spiro atoms. The number of imidazole rings is 1. The molecule has 3 heteroatoms. The molecule has 0 aliphatic heterocycles. The topological polar surface area (TPSA) is 17.3 Å². The van der Waals surface area contributed by atoms with Crippen molar-refractivity contribution in [3.05, 3.63) is 156 Å². The fourth-order valence-corrected chi connectivity index (χ4v) is 8.87. The zero-order valence-electron chi connectivity index (χ0n) is 25.3. The van der Waals surface area contributed by atoms with Crippen molar-refractivity contribution in [2.45, 2.75) is 25.2 Å². The summed E-state index contributed by atoms with van der Waals surface area (Å²) < 4.78 is 2.42. The van der Waals surface area contributed by atoms with E-state index < -0.39 is 0 Å². The quantitative estimate of drug-likeness (QED) is 0.183. The van der Waals surface area contributed by atoms with E-state index in [1.165, 1.54) is 76.1 Å². The first kappa shape index (κ1) is 26.0. The molecular weight excluding hydrogens is 577 g/mol. The maximum Gasteiger partial charge on any atom is 0.146 e. The Bertz CT molecular complexity index is 2500. The predicted molar refractivity (Wildman–Crippen MR) is 195 cm³/mol. The average molecular weight is 607 g/mol. The number of hydrogen-bond acceptors (Lipinski definition) is 2. The van der Waals surface area contributed by atoms with Gasteiger partial charge in [0.2, 0.25) is 0 Å². The summed E-state index contributed by atoms with van der Waals surface area (Å²) in [5.74, 6) is 0.355. The van der Waals surface area contributed by atoms with Gasteiger partial charge >= 0.3 is 0 Å². The fourth-order valence-electron chi connectivity index (χ4n) is 7.81. The molecule has 0 amide bonds. The summed E-state index contributed by atoms with van der Waals surface area (Å²) in [7, 11) is 0. The summed E-state index contributed by atoms with van der Waals surface area (Å²) in [6.45, 7) is 0. The second kappa shape index (κ2) is 10.1. The second-order valence-electron chi connectivity index (χ2n) is 12.6. The first-order valence-electron chi connectivity index (χ1n) is 16.2. The van der Waals surface area contributed by atoms with Gasteiger partial charge in [-0.25, -0.2) is 4.98 Å². The van der Waals surface area contributed by atoms with Crippen LogP contribution in [0.4, 0.5) is 0 Å². The van der Waals surface area contributed by atoms with E-state index in [1.807, 2.05) is 11.3 Å². The molecule has 3 aliphatic carbocycles. The van der Waals surface area contributed by atoms with Crippen LogP contribution >= 0.6 is 11.3 Å².